The number of thiophene rings is 2. The molecule has 4 heterocycles. The van der Waals surface area contributed by atoms with Gasteiger partial charge in [0, 0.05) is 48.0 Å². The number of aliphatic hydroxyl groups is 1. The van der Waals surface area contributed by atoms with E-state index < -0.39 is 0 Å². The Morgan fingerprint density at radius 1 is 0.769 bits per heavy atom. The molecule has 0 aliphatic carbocycles. The maximum atomic E-state index is 10.0. The summed E-state index contributed by atoms with van der Waals surface area (Å²) in [6, 6.07) is 30.6. The molecule has 0 saturated heterocycles. The molecule has 1 N–H and O–H groups in total. The second-order valence-corrected chi connectivity index (χ2v) is 9.83. The molecule has 1 radical (unpaired) electrons. The molecule has 6 aromatic rings. The van der Waals surface area contributed by atoms with Crippen LogP contribution < -0.4 is 0 Å². The first-order chi connectivity index (χ1) is 18.0. The van der Waals surface area contributed by atoms with Crippen LogP contribution in [0, 0.1) is 12.1 Å². The third-order valence-electron chi connectivity index (χ3n) is 5.10. The average Bonchev–Trinajstić information content (AvgIpc) is 3.59. The number of benzene rings is 2. The van der Waals surface area contributed by atoms with Crippen LogP contribution in [0.4, 0.5) is 0 Å². The number of ketones is 1. The second-order valence-electron chi connectivity index (χ2n) is 7.93. The number of nitrogens with zero attached hydrogens (tertiary/aromatic N) is 2. The van der Waals surface area contributed by atoms with E-state index >= 15 is 0 Å². The van der Waals surface area contributed by atoms with Gasteiger partial charge in [-0.2, -0.15) is 0 Å². The number of allylic oxidation sites excluding steroid dienone is 2. The van der Waals surface area contributed by atoms with Crippen molar-refractivity contribution >= 4 is 48.6 Å². The van der Waals surface area contributed by atoms with E-state index in [1.807, 2.05) is 73.1 Å². The van der Waals surface area contributed by atoms with Gasteiger partial charge in [-0.25, -0.2) is 0 Å². The number of hydrogen-bond acceptors (Lipinski definition) is 6. The molecule has 0 amide bonds. The summed E-state index contributed by atoms with van der Waals surface area (Å²) in [7, 11) is 0. The SMILES string of the molecule is C.CC(=O)C=C(C)O.[Ir].[c-]1ccccc1-c1nccc2sccc12.[c-]1ccccc1-c1nccc2sccc12. The first-order valence-corrected chi connectivity index (χ1v) is 13.3. The van der Waals surface area contributed by atoms with Crippen molar-refractivity contribution < 1.29 is 30.0 Å². The average molecular weight is 729 g/mol. The zero-order valence-corrected chi connectivity index (χ0v) is 24.7. The molecule has 4 nitrogen and oxygen atoms in total. The van der Waals surface area contributed by atoms with Crippen molar-refractivity contribution in [3.05, 3.63) is 120 Å². The van der Waals surface area contributed by atoms with Gasteiger partial charge in [0.05, 0.1) is 5.76 Å². The molecule has 39 heavy (non-hydrogen) atoms. The van der Waals surface area contributed by atoms with Gasteiger partial charge >= 0.3 is 0 Å². The normalized spacial score (nSPS) is 10.3. The van der Waals surface area contributed by atoms with Gasteiger partial charge in [0.2, 0.25) is 0 Å². The Kier molecular flexibility index (Phi) is 12.9. The minimum absolute atomic E-state index is 0. The Balaban J connectivity index is 0.000000214. The number of fused-ring (bicyclic) bond motifs is 2. The van der Waals surface area contributed by atoms with E-state index in [0.29, 0.717) is 0 Å². The van der Waals surface area contributed by atoms with E-state index in [9.17, 15) is 4.79 Å². The largest absolute Gasteiger partial charge is 0.512 e. The van der Waals surface area contributed by atoms with E-state index in [1.165, 1.54) is 40.1 Å². The topological polar surface area (TPSA) is 63.1 Å². The number of aromatic nitrogens is 2. The van der Waals surface area contributed by atoms with Crippen molar-refractivity contribution in [3.63, 3.8) is 0 Å². The van der Waals surface area contributed by atoms with Gasteiger partial charge in [-0.05, 0) is 58.9 Å². The van der Waals surface area contributed by atoms with E-state index in [2.05, 4.69) is 45.0 Å². The predicted octanol–water partition coefficient (Wildman–Crippen LogP) is 9.20. The summed E-state index contributed by atoms with van der Waals surface area (Å²) in [6.45, 7) is 2.85. The smallest absolute Gasteiger partial charge is 0.155 e. The van der Waals surface area contributed by atoms with Gasteiger partial charge in [-0.3, -0.25) is 4.79 Å². The third-order valence-corrected chi connectivity index (χ3v) is 6.86. The van der Waals surface area contributed by atoms with Crippen LogP contribution in [0.3, 0.4) is 0 Å². The van der Waals surface area contributed by atoms with Gasteiger partial charge in [0.25, 0.3) is 0 Å². The number of carbonyl (C=O) groups excluding carboxylic acids is 1. The van der Waals surface area contributed by atoms with E-state index in [0.717, 1.165) is 22.5 Å². The van der Waals surface area contributed by atoms with Crippen molar-refractivity contribution in [1.82, 2.24) is 9.97 Å². The summed E-state index contributed by atoms with van der Waals surface area (Å²) >= 11 is 3.48. The van der Waals surface area contributed by atoms with Gasteiger partial charge in [-0.1, -0.05) is 19.6 Å². The van der Waals surface area contributed by atoms with Crippen molar-refractivity contribution in [1.29, 1.82) is 0 Å². The minimum atomic E-state index is -0.125. The number of aliphatic hydroxyl groups excluding tert-OH is 1. The number of rotatable bonds is 3. The third kappa shape index (κ3) is 8.77. The molecule has 0 saturated carbocycles. The van der Waals surface area contributed by atoms with Crippen molar-refractivity contribution in [2.75, 3.05) is 0 Å². The molecule has 0 fully saturated rings. The fourth-order valence-electron chi connectivity index (χ4n) is 3.59. The van der Waals surface area contributed by atoms with E-state index in [1.54, 1.807) is 22.7 Å². The maximum absolute atomic E-state index is 10.0. The first-order valence-electron chi connectivity index (χ1n) is 11.5. The Morgan fingerprint density at radius 2 is 1.23 bits per heavy atom. The summed E-state index contributed by atoms with van der Waals surface area (Å²) < 4.78 is 2.55. The summed E-state index contributed by atoms with van der Waals surface area (Å²) in [5.74, 6) is -0.0625. The number of carbonyl (C=O) groups is 1. The standard InChI is InChI=1S/2C13H8NS.C5H8O2.CH4.Ir/c2*1-2-4-10(5-3-1)13-11-7-9-15-12(11)6-8-14-13;1-4(6)3-5(2)7;;/h2*1-4,6-9H;3,6H,1-2H3;1H4;/q2*-1;;;. The molecule has 0 atom stereocenters. The number of hydrogen-bond donors (Lipinski definition) is 1. The summed E-state index contributed by atoms with van der Waals surface area (Å²) in [5, 5.41) is 15.0. The zero-order valence-electron chi connectivity index (χ0n) is 20.7. The van der Waals surface area contributed by atoms with Gasteiger partial charge < -0.3 is 15.1 Å². The molecular weight excluding hydrogens is 701 g/mol. The van der Waals surface area contributed by atoms with Gasteiger partial charge in [0.1, 0.15) is 0 Å². The van der Waals surface area contributed by atoms with Crippen molar-refractivity contribution in [2.24, 2.45) is 0 Å². The Hall–Kier alpha value is -3.48. The molecule has 0 bridgehead atoms. The van der Waals surface area contributed by atoms with Crippen LogP contribution in [0.15, 0.2) is 108 Å². The summed E-state index contributed by atoms with van der Waals surface area (Å²) in [6.07, 6.45) is 4.88. The van der Waals surface area contributed by atoms with Crippen LogP contribution in [0.1, 0.15) is 21.3 Å². The molecule has 6 rings (SSSR count). The van der Waals surface area contributed by atoms with Crippen LogP contribution in [-0.2, 0) is 24.9 Å². The van der Waals surface area contributed by atoms with E-state index in [-0.39, 0.29) is 39.1 Å². The Morgan fingerprint density at radius 3 is 1.56 bits per heavy atom. The Labute approximate surface area is 251 Å². The fraction of sp³-hybridized carbons (Fsp3) is 0.0938. The van der Waals surface area contributed by atoms with Crippen LogP contribution >= 0.6 is 22.7 Å². The van der Waals surface area contributed by atoms with Crippen molar-refractivity contribution in [2.45, 2.75) is 21.3 Å². The second kappa shape index (κ2) is 15.8. The first kappa shape index (κ1) is 31.7. The Bertz CT molecular complexity index is 1510. The van der Waals surface area contributed by atoms with Crippen LogP contribution in [0.5, 0.6) is 0 Å². The minimum Gasteiger partial charge on any atom is -0.512 e. The molecule has 7 heteroatoms. The van der Waals surface area contributed by atoms with E-state index in [4.69, 9.17) is 5.11 Å². The monoisotopic (exact) mass is 729 g/mol. The van der Waals surface area contributed by atoms with Gasteiger partial charge in [-0.15, -0.1) is 94.5 Å². The fourth-order valence-corrected chi connectivity index (χ4v) is 5.16. The molecule has 201 valence electrons. The molecular formula is C32H28IrN2O2S2-2. The molecule has 4 aromatic heterocycles. The molecule has 0 spiro atoms. The maximum Gasteiger partial charge on any atom is 0.155 e. The zero-order chi connectivity index (χ0) is 26.0. The molecule has 0 unspecified atom stereocenters. The van der Waals surface area contributed by atoms with Crippen LogP contribution in [0.2, 0.25) is 0 Å². The van der Waals surface area contributed by atoms with Crippen LogP contribution in [-0.4, -0.2) is 20.9 Å². The summed E-state index contributed by atoms with van der Waals surface area (Å²) in [4.78, 5) is 18.9. The predicted molar refractivity (Wildman–Crippen MR) is 162 cm³/mol. The molecule has 0 aliphatic heterocycles. The van der Waals surface area contributed by atoms with Crippen LogP contribution in [0.25, 0.3) is 42.7 Å². The molecule has 0 aliphatic rings. The van der Waals surface area contributed by atoms with Crippen molar-refractivity contribution in [3.8, 4) is 22.5 Å². The summed E-state index contributed by atoms with van der Waals surface area (Å²) in [5.41, 5.74) is 4.16. The number of pyridine rings is 2. The molecule has 2 aromatic carbocycles. The van der Waals surface area contributed by atoms with Gasteiger partial charge in [0.15, 0.2) is 5.78 Å². The quantitative estimate of drug-likeness (QED) is 0.112.